The Bertz CT molecular complexity index is 830. The third-order valence-electron chi connectivity index (χ3n) is 4.52. The molecular formula is C18H21N7. The molecule has 0 bridgehead atoms. The number of anilines is 1. The van der Waals surface area contributed by atoms with Gasteiger partial charge in [-0.3, -0.25) is 10.00 Å². The number of nitrogens with zero attached hydrogens (tertiary/aromatic N) is 5. The van der Waals surface area contributed by atoms with Gasteiger partial charge in [-0.05, 0) is 25.5 Å². The second-order valence-electron chi connectivity index (χ2n) is 6.38. The second-order valence-corrected chi connectivity index (χ2v) is 6.38. The molecule has 1 aromatic carbocycles. The van der Waals surface area contributed by atoms with Crippen molar-refractivity contribution in [3.63, 3.8) is 0 Å². The summed E-state index contributed by atoms with van der Waals surface area (Å²) in [6.07, 6.45) is 3.94. The van der Waals surface area contributed by atoms with Gasteiger partial charge in [-0.2, -0.15) is 5.10 Å². The first-order valence-corrected chi connectivity index (χ1v) is 8.55. The minimum absolute atomic E-state index is 0.347. The zero-order valence-corrected chi connectivity index (χ0v) is 14.0. The number of aromatic amines is 1. The first kappa shape index (κ1) is 15.7. The fourth-order valence-corrected chi connectivity index (χ4v) is 3.29. The Morgan fingerprint density at radius 2 is 2.04 bits per heavy atom. The number of nitrogens with two attached hydrogens (primary N) is 1. The lowest BCUT2D eigenvalue weighted by Gasteiger charge is -2.30. The Labute approximate surface area is 146 Å². The molecule has 128 valence electrons. The van der Waals surface area contributed by atoms with Crippen molar-refractivity contribution in [3.05, 3.63) is 54.2 Å². The van der Waals surface area contributed by atoms with Gasteiger partial charge in [-0.15, -0.1) is 0 Å². The van der Waals surface area contributed by atoms with Crippen LogP contribution in [0.5, 0.6) is 0 Å². The van der Waals surface area contributed by atoms with Crippen molar-refractivity contribution in [2.24, 2.45) is 0 Å². The average molecular weight is 335 g/mol. The third-order valence-corrected chi connectivity index (χ3v) is 4.52. The van der Waals surface area contributed by atoms with Gasteiger partial charge in [0.25, 0.3) is 0 Å². The molecule has 0 unspecified atom stereocenters. The Hall–Kier alpha value is -2.80. The van der Waals surface area contributed by atoms with Gasteiger partial charge in [-0.25, -0.2) is 15.0 Å². The summed E-state index contributed by atoms with van der Waals surface area (Å²) in [5.74, 6) is 3.34. The van der Waals surface area contributed by atoms with Gasteiger partial charge < -0.3 is 5.73 Å². The first-order chi connectivity index (χ1) is 12.3. The fraction of sp³-hybridized carbons (Fsp3) is 0.333. The number of piperidine rings is 1. The van der Waals surface area contributed by atoms with E-state index >= 15 is 0 Å². The summed E-state index contributed by atoms with van der Waals surface area (Å²) in [6, 6.07) is 11.8. The first-order valence-electron chi connectivity index (χ1n) is 8.55. The predicted molar refractivity (Wildman–Crippen MR) is 95.5 cm³/mol. The Balaban J connectivity index is 1.45. The van der Waals surface area contributed by atoms with Crippen LogP contribution >= 0.6 is 0 Å². The molecule has 1 atom stereocenters. The van der Waals surface area contributed by atoms with E-state index in [1.54, 1.807) is 12.3 Å². The topological polar surface area (TPSA) is 96.6 Å². The van der Waals surface area contributed by atoms with Crippen LogP contribution in [0.15, 0.2) is 42.6 Å². The van der Waals surface area contributed by atoms with Gasteiger partial charge in [0.1, 0.15) is 17.5 Å². The highest BCUT2D eigenvalue weighted by atomic mass is 15.2. The number of hydrogen-bond acceptors (Lipinski definition) is 6. The van der Waals surface area contributed by atoms with E-state index < -0.39 is 0 Å². The number of hydrogen-bond donors (Lipinski definition) is 2. The van der Waals surface area contributed by atoms with Gasteiger partial charge in [0.15, 0.2) is 5.82 Å². The largest absolute Gasteiger partial charge is 0.384 e. The molecule has 4 rings (SSSR count). The van der Waals surface area contributed by atoms with Gasteiger partial charge in [0.2, 0.25) is 0 Å². The molecular weight excluding hydrogens is 314 g/mol. The lowest BCUT2D eigenvalue weighted by molar-refractivity contribution is 0.192. The minimum atomic E-state index is 0.347. The van der Waals surface area contributed by atoms with Crippen molar-refractivity contribution < 1.29 is 0 Å². The van der Waals surface area contributed by atoms with Crippen molar-refractivity contribution in [1.29, 1.82) is 0 Å². The highest BCUT2D eigenvalue weighted by Gasteiger charge is 2.24. The normalized spacial score (nSPS) is 18.3. The SMILES string of the molecule is Nc1ccnc(CN2CCC[C@H](c3nc(-c4ccccc4)n[nH]3)C2)n1. The maximum atomic E-state index is 5.75. The lowest BCUT2D eigenvalue weighted by atomic mass is 9.97. The zero-order chi connectivity index (χ0) is 17.1. The van der Waals surface area contributed by atoms with Crippen molar-refractivity contribution >= 4 is 5.82 Å². The van der Waals surface area contributed by atoms with E-state index in [0.717, 1.165) is 49.0 Å². The van der Waals surface area contributed by atoms with E-state index in [4.69, 9.17) is 10.7 Å². The molecule has 1 saturated heterocycles. The summed E-state index contributed by atoms with van der Waals surface area (Å²) in [6.45, 7) is 2.66. The molecule has 7 nitrogen and oxygen atoms in total. The maximum Gasteiger partial charge on any atom is 0.181 e. The maximum absolute atomic E-state index is 5.75. The van der Waals surface area contributed by atoms with Crippen molar-refractivity contribution in [1.82, 2.24) is 30.0 Å². The van der Waals surface area contributed by atoms with Gasteiger partial charge in [0, 0.05) is 24.2 Å². The highest BCUT2D eigenvalue weighted by molar-refractivity contribution is 5.53. The number of nitrogens with one attached hydrogen (secondary N) is 1. The lowest BCUT2D eigenvalue weighted by Crippen LogP contribution is -2.34. The van der Waals surface area contributed by atoms with Gasteiger partial charge in [0.05, 0.1) is 6.54 Å². The molecule has 0 aliphatic carbocycles. The molecule has 0 spiro atoms. The van der Waals surface area contributed by atoms with Crippen LogP contribution in [-0.4, -0.2) is 43.1 Å². The van der Waals surface area contributed by atoms with Crippen LogP contribution in [0.4, 0.5) is 5.82 Å². The number of H-pyrrole nitrogens is 1. The summed E-state index contributed by atoms with van der Waals surface area (Å²) >= 11 is 0. The van der Waals surface area contributed by atoms with Crippen LogP contribution in [0.1, 0.15) is 30.4 Å². The molecule has 0 radical (unpaired) electrons. The average Bonchev–Trinajstić information content (AvgIpc) is 3.13. The molecule has 7 heteroatoms. The van der Waals surface area contributed by atoms with Crippen LogP contribution < -0.4 is 5.73 Å². The molecule has 2 aromatic heterocycles. The monoisotopic (exact) mass is 335 g/mol. The number of likely N-dealkylation sites (tertiary alicyclic amines) is 1. The van der Waals surface area contributed by atoms with Crippen LogP contribution in [0.3, 0.4) is 0 Å². The van der Waals surface area contributed by atoms with Crippen LogP contribution in [0.2, 0.25) is 0 Å². The van der Waals surface area contributed by atoms with E-state index in [0.29, 0.717) is 18.3 Å². The molecule has 3 aromatic rings. The van der Waals surface area contributed by atoms with E-state index in [9.17, 15) is 0 Å². The van der Waals surface area contributed by atoms with Crippen molar-refractivity contribution in [2.45, 2.75) is 25.3 Å². The quantitative estimate of drug-likeness (QED) is 0.759. The van der Waals surface area contributed by atoms with E-state index in [-0.39, 0.29) is 0 Å². The third kappa shape index (κ3) is 3.66. The Morgan fingerprint density at radius 3 is 2.88 bits per heavy atom. The molecule has 25 heavy (non-hydrogen) atoms. The number of nitrogen functional groups attached to an aromatic ring is 1. The summed E-state index contributed by atoms with van der Waals surface area (Å²) in [4.78, 5) is 15.7. The van der Waals surface area contributed by atoms with E-state index in [1.807, 2.05) is 30.3 Å². The Kier molecular flexibility index (Phi) is 4.39. The number of benzene rings is 1. The molecule has 1 aliphatic heterocycles. The molecule has 3 heterocycles. The van der Waals surface area contributed by atoms with Crippen molar-refractivity contribution in [3.8, 4) is 11.4 Å². The summed E-state index contributed by atoms with van der Waals surface area (Å²) in [5.41, 5.74) is 6.78. The molecule has 0 saturated carbocycles. The summed E-state index contributed by atoms with van der Waals surface area (Å²) in [5, 5.41) is 7.51. The zero-order valence-electron chi connectivity index (χ0n) is 14.0. The molecule has 3 N–H and O–H groups in total. The van der Waals surface area contributed by atoms with E-state index in [1.165, 1.54) is 0 Å². The number of aromatic nitrogens is 5. The van der Waals surface area contributed by atoms with E-state index in [2.05, 4.69) is 25.1 Å². The number of rotatable bonds is 4. The smallest absolute Gasteiger partial charge is 0.181 e. The standard InChI is InChI=1S/C18H21N7/c19-15-8-9-20-16(21-15)12-25-10-4-7-14(11-25)18-22-17(23-24-18)13-5-2-1-3-6-13/h1-3,5-6,8-9,14H,4,7,10-12H2,(H2,19,20,21)(H,22,23,24)/t14-/m0/s1. The Morgan fingerprint density at radius 1 is 1.16 bits per heavy atom. The van der Waals surface area contributed by atoms with Crippen molar-refractivity contribution in [2.75, 3.05) is 18.8 Å². The summed E-state index contributed by atoms with van der Waals surface area (Å²) in [7, 11) is 0. The molecule has 1 fully saturated rings. The van der Waals surface area contributed by atoms with Gasteiger partial charge in [-0.1, -0.05) is 30.3 Å². The highest BCUT2D eigenvalue weighted by Crippen LogP contribution is 2.26. The van der Waals surface area contributed by atoms with Crippen LogP contribution in [0.25, 0.3) is 11.4 Å². The predicted octanol–water partition coefficient (Wildman–Crippen LogP) is 2.22. The minimum Gasteiger partial charge on any atom is -0.384 e. The molecule has 1 aliphatic rings. The second kappa shape index (κ2) is 6.98. The fourth-order valence-electron chi connectivity index (χ4n) is 3.29. The van der Waals surface area contributed by atoms with Crippen LogP contribution in [0, 0.1) is 0 Å². The van der Waals surface area contributed by atoms with Gasteiger partial charge >= 0.3 is 0 Å². The molecule has 0 amide bonds. The van der Waals surface area contributed by atoms with Crippen LogP contribution in [-0.2, 0) is 6.54 Å². The summed E-state index contributed by atoms with van der Waals surface area (Å²) < 4.78 is 0.